The number of amides is 1. The van der Waals surface area contributed by atoms with Crippen LogP contribution in [0.2, 0.25) is 0 Å². The summed E-state index contributed by atoms with van der Waals surface area (Å²) in [4.78, 5) is 24.5. The Morgan fingerprint density at radius 1 is 1.26 bits per heavy atom. The molecule has 3 aromatic rings. The van der Waals surface area contributed by atoms with Gasteiger partial charge in [-0.3, -0.25) is 4.79 Å². The first kappa shape index (κ1) is 19.1. The van der Waals surface area contributed by atoms with Crippen molar-refractivity contribution in [2.75, 3.05) is 17.7 Å². The number of anilines is 1. The molecule has 140 valence electrons. The average Bonchev–Trinajstić information content (AvgIpc) is 3.28. The number of nitrogens with one attached hydrogen (secondary N) is 1. The Labute approximate surface area is 164 Å². The molecule has 0 unspecified atom stereocenters. The molecular formula is C18H17N3O4S2. The number of nitrogens with zero attached hydrogens (tertiary/aromatic N) is 2. The Bertz CT molecular complexity index is 937. The van der Waals surface area contributed by atoms with Crippen molar-refractivity contribution in [2.45, 2.75) is 19.1 Å². The summed E-state index contributed by atoms with van der Waals surface area (Å²) in [6, 6.07) is 11.2. The number of hydrogen-bond acceptors (Lipinski definition) is 8. The number of aryl methyl sites for hydroxylation is 1. The van der Waals surface area contributed by atoms with E-state index in [0.717, 1.165) is 22.9 Å². The lowest BCUT2D eigenvalue weighted by atomic mass is 10.2. The minimum atomic E-state index is -0.380. The molecule has 0 aliphatic heterocycles. The third-order valence-corrected chi connectivity index (χ3v) is 5.35. The Balaban J connectivity index is 1.55. The predicted octanol–water partition coefficient (Wildman–Crippen LogP) is 4.01. The molecule has 2 heterocycles. The lowest BCUT2D eigenvalue weighted by Gasteiger charge is -2.00. The number of thiophene rings is 1. The lowest BCUT2D eigenvalue weighted by molar-refractivity contribution is -0.113. The van der Waals surface area contributed by atoms with Gasteiger partial charge in [0, 0.05) is 5.56 Å². The zero-order valence-corrected chi connectivity index (χ0v) is 16.4. The van der Waals surface area contributed by atoms with Crippen molar-refractivity contribution in [3.05, 3.63) is 46.8 Å². The molecular weight excluding hydrogens is 386 g/mol. The molecule has 27 heavy (non-hydrogen) atoms. The maximum atomic E-state index is 12.1. The minimum Gasteiger partial charge on any atom is -0.462 e. The number of benzene rings is 1. The van der Waals surface area contributed by atoms with E-state index in [9.17, 15) is 9.59 Å². The molecule has 0 bridgehead atoms. The number of carbonyl (C=O) groups excluding carboxylic acids is 2. The van der Waals surface area contributed by atoms with Crippen LogP contribution in [0.3, 0.4) is 0 Å². The van der Waals surface area contributed by atoms with Gasteiger partial charge >= 0.3 is 5.97 Å². The van der Waals surface area contributed by atoms with E-state index in [1.54, 1.807) is 19.9 Å². The number of rotatable bonds is 7. The number of thioether (sulfide) groups is 1. The zero-order chi connectivity index (χ0) is 19.2. The van der Waals surface area contributed by atoms with Crippen LogP contribution in [0, 0.1) is 6.92 Å². The lowest BCUT2D eigenvalue weighted by Crippen LogP contribution is -2.13. The summed E-state index contributed by atoms with van der Waals surface area (Å²) in [6.07, 6.45) is 0. The maximum absolute atomic E-state index is 12.1. The predicted molar refractivity (Wildman–Crippen MR) is 104 cm³/mol. The Kier molecular flexibility index (Phi) is 6.25. The van der Waals surface area contributed by atoms with E-state index in [1.165, 1.54) is 11.3 Å². The third kappa shape index (κ3) is 4.95. The highest BCUT2D eigenvalue weighted by atomic mass is 32.2. The Hall–Kier alpha value is -2.65. The van der Waals surface area contributed by atoms with Crippen LogP contribution in [0.15, 0.2) is 46.0 Å². The summed E-state index contributed by atoms with van der Waals surface area (Å²) in [7, 11) is 0. The minimum absolute atomic E-state index is 0.113. The van der Waals surface area contributed by atoms with E-state index in [2.05, 4.69) is 15.5 Å². The highest BCUT2D eigenvalue weighted by molar-refractivity contribution is 7.99. The molecule has 0 fully saturated rings. The van der Waals surface area contributed by atoms with Gasteiger partial charge in [-0.25, -0.2) is 4.79 Å². The third-order valence-electron chi connectivity index (χ3n) is 3.40. The van der Waals surface area contributed by atoms with Gasteiger partial charge in [-0.15, -0.1) is 21.5 Å². The summed E-state index contributed by atoms with van der Waals surface area (Å²) < 4.78 is 10.6. The fourth-order valence-corrected chi connectivity index (χ4v) is 3.76. The van der Waals surface area contributed by atoms with E-state index < -0.39 is 0 Å². The topological polar surface area (TPSA) is 94.3 Å². The van der Waals surface area contributed by atoms with Gasteiger partial charge < -0.3 is 14.5 Å². The number of esters is 1. The van der Waals surface area contributed by atoms with Crippen molar-refractivity contribution in [2.24, 2.45) is 0 Å². The molecule has 3 rings (SSSR count). The first-order chi connectivity index (χ1) is 13.1. The quantitative estimate of drug-likeness (QED) is 0.470. The Morgan fingerprint density at radius 3 is 2.78 bits per heavy atom. The number of carbonyl (C=O) groups is 2. The van der Waals surface area contributed by atoms with Crippen molar-refractivity contribution in [3.63, 3.8) is 0 Å². The molecule has 0 spiro atoms. The van der Waals surface area contributed by atoms with Crippen LogP contribution in [0.1, 0.15) is 22.2 Å². The summed E-state index contributed by atoms with van der Waals surface area (Å²) in [6.45, 7) is 3.86. The van der Waals surface area contributed by atoms with E-state index in [1.807, 2.05) is 30.3 Å². The van der Waals surface area contributed by atoms with Gasteiger partial charge in [-0.1, -0.05) is 30.0 Å². The van der Waals surface area contributed by atoms with Crippen molar-refractivity contribution in [3.8, 4) is 11.5 Å². The van der Waals surface area contributed by atoms with Gasteiger partial charge in [0.1, 0.15) is 4.88 Å². The molecule has 2 aromatic heterocycles. The molecule has 1 amide bonds. The molecule has 0 saturated heterocycles. The summed E-state index contributed by atoms with van der Waals surface area (Å²) in [5, 5.41) is 11.6. The zero-order valence-electron chi connectivity index (χ0n) is 14.7. The fourth-order valence-electron chi connectivity index (χ4n) is 2.21. The second kappa shape index (κ2) is 8.83. The van der Waals surface area contributed by atoms with Crippen molar-refractivity contribution >= 4 is 40.0 Å². The van der Waals surface area contributed by atoms with Gasteiger partial charge in [0.25, 0.3) is 5.22 Å². The summed E-state index contributed by atoms with van der Waals surface area (Å²) in [5.74, 6) is -0.0842. The molecule has 0 atom stereocenters. The molecule has 1 N–H and O–H groups in total. The van der Waals surface area contributed by atoms with Gasteiger partial charge in [0.15, 0.2) is 0 Å². The monoisotopic (exact) mass is 403 g/mol. The molecule has 1 aromatic carbocycles. The van der Waals surface area contributed by atoms with Gasteiger partial charge in [0.05, 0.1) is 17.4 Å². The standard InChI is InChI=1S/C18H17N3O4S2/c1-3-24-17(23)15-11(2)9-14(27-15)19-13(22)10-26-18-21-20-16(25-18)12-7-5-4-6-8-12/h4-9H,3,10H2,1-2H3,(H,19,22). The molecule has 0 aliphatic rings. The van der Waals surface area contributed by atoms with Gasteiger partial charge in [0.2, 0.25) is 11.8 Å². The van der Waals surface area contributed by atoms with Crippen LogP contribution in [0.5, 0.6) is 0 Å². The van der Waals surface area contributed by atoms with E-state index in [-0.39, 0.29) is 17.6 Å². The molecule has 0 radical (unpaired) electrons. The molecule has 0 aliphatic carbocycles. The van der Waals surface area contributed by atoms with Crippen LogP contribution < -0.4 is 5.32 Å². The number of ether oxygens (including phenoxy) is 1. The SMILES string of the molecule is CCOC(=O)c1sc(NC(=O)CSc2nnc(-c3ccccc3)o2)cc1C. The molecule has 7 nitrogen and oxygen atoms in total. The van der Waals surface area contributed by atoms with Gasteiger partial charge in [-0.2, -0.15) is 0 Å². The average molecular weight is 403 g/mol. The summed E-state index contributed by atoms with van der Waals surface area (Å²) in [5.41, 5.74) is 1.59. The second-order valence-electron chi connectivity index (χ2n) is 5.42. The van der Waals surface area contributed by atoms with Crippen LogP contribution in [-0.4, -0.2) is 34.4 Å². The Morgan fingerprint density at radius 2 is 2.04 bits per heavy atom. The second-order valence-corrected chi connectivity index (χ2v) is 7.40. The van der Waals surface area contributed by atoms with E-state index in [0.29, 0.717) is 27.6 Å². The highest BCUT2D eigenvalue weighted by Crippen LogP contribution is 2.28. The number of hydrogen-bond donors (Lipinski definition) is 1. The highest BCUT2D eigenvalue weighted by Gasteiger charge is 2.16. The number of aromatic nitrogens is 2. The van der Waals surface area contributed by atoms with Crippen molar-refractivity contribution < 1.29 is 18.7 Å². The maximum Gasteiger partial charge on any atom is 0.348 e. The normalized spacial score (nSPS) is 10.6. The van der Waals surface area contributed by atoms with Crippen LogP contribution in [0.25, 0.3) is 11.5 Å². The smallest absolute Gasteiger partial charge is 0.348 e. The van der Waals surface area contributed by atoms with Crippen molar-refractivity contribution in [1.82, 2.24) is 10.2 Å². The first-order valence-electron chi connectivity index (χ1n) is 8.16. The largest absolute Gasteiger partial charge is 0.462 e. The first-order valence-corrected chi connectivity index (χ1v) is 9.96. The van der Waals surface area contributed by atoms with E-state index >= 15 is 0 Å². The molecule has 9 heteroatoms. The summed E-state index contributed by atoms with van der Waals surface area (Å²) >= 11 is 2.34. The van der Waals surface area contributed by atoms with Crippen molar-refractivity contribution in [1.29, 1.82) is 0 Å². The fraction of sp³-hybridized carbons (Fsp3) is 0.222. The van der Waals surface area contributed by atoms with Crippen LogP contribution >= 0.6 is 23.1 Å². The molecule has 0 saturated carbocycles. The van der Waals surface area contributed by atoms with Gasteiger partial charge in [-0.05, 0) is 37.6 Å². The van der Waals surface area contributed by atoms with E-state index in [4.69, 9.17) is 9.15 Å². The van der Waals surface area contributed by atoms with Crippen LogP contribution in [-0.2, 0) is 9.53 Å². The van der Waals surface area contributed by atoms with Crippen LogP contribution in [0.4, 0.5) is 5.00 Å².